The molecule has 5 nitrogen and oxygen atoms in total. The number of nitrogens with two attached hydrogens (primary N) is 1. The van der Waals surface area contributed by atoms with Crippen LogP contribution >= 0.6 is 11.3 Å². The van der Waals surface area contributed by atoms with E-state index in [0.29, 0.717) is 23.1 Å². The Morgan fingerprint density at radius 2 is 2.12 bits per heavy atom. The van der Waals surface area contributed by atoms with Crippen LogP contribution in [0.2, 0.25) is 0 Å². The average Bonchev–Trinajstić information content (AvgIpc) is 2.92. The number of amides is 1. The van der Waals surface area contributed by atoms with Crippen LogP contribution in [0.5, 0.6) is 5.75 Å². The van der Waals surface area contributed by atoms with Gasteiger partial charge >= 0.3 is 0 Å². The first-order valence-electron chi connectivity index (χ1n) is 7.70. The lowest BCUT2D eigenvalue weighted by molar-refractivity contribution is 0.102. The molecule has 0 aliphatic carbocycles. The first-order valence-corrected chi connectivity index (χ1v) is 8.51. The summed E-state index contributed by atoms with van der Waals surface area (Å²) >= 11 is 1.43. The van der Waals surface area contributed by atoms with Crippen LogP contribution in [0.15, 0.2) is 30.3 Å². The zero-order valence-corrected chi connectivity index (χ0v) is 14.7. The Labute approximate surface area is 144 Å². The van der Waals surface area contributed by atoms with Crippen molar-refractivity contribution in [3.05, 3.63) is 47.0 Å². The molecule has 0 bridgehead atoms. The number of carbonyl (C=O) groups excluding carboxylic acids is 1. The second kappa shape index (κ2) is 6.49. The predicted octanol–water partition coefficient (Wildman–Crippen LogP) is 4.15. The fraction of sp³-hybridized carbons (Fsp3) is 0.222. The summed E-state index contributed by atoms with van der Waals surface area (Å²) in [6.07, 6.45) is 0. The highest BCUT2D eigenvalue weighted by molar-refractivity contribution is 7.22. The quantitative estimate of drug-likeness (QED) is 0.747. The number of anilines is 2. The van der Waals surface area contributed by atoms with E-state index in [1.165, 1.54) is 11.3 Å². The first-order chi connectivity index (χ1) is 11.5. The standard InChI is InChI=1S/C18H19N3O2S/c1-4-23-13-7-5-6-12(9-13)17(22)21-15-10(2)8-14-16(11(15)3)24-18(19)20-14/h5-9H,4H2,1-3H3,(H2,19,20)(H,21,22). The number of hydrogen-bond donors (Lipinski definition) is 2. The van der Waals surface area contributed by atoms with Crippen LogP contribution in [0.4, 0.5) is 10.8 Å². The van der Waals surface area contributed by atoms with E-state index in [1.54, 1.807) is 12.1 Å². The fourth-order valence-corrected chi connectivity index (χ4v) is 3.49. The van der Waals surface area contributed by atoms with Gasteiger partial charge in [0.1, 0.15) is 5.75 Å². The highest BCUT2D eigenvalue weighted by Crippen LogP contribution is 2.34. The summed E-state index contributed by atoms with van der Waals surface area (Å²) in [5.74, 6) is 0.517. The minimum Gasteiger partial charge on any atom is -0.494 e. The average molecular weight is 341 g/mol. The maximum atomic E-state index is 12.6. The molecule has 0 aliphatic rings. The molecule has 3 aromatic rings. The van der Waals surface area contributed by atoms with Gasteiger partial charge in [0, 0.05) is 11.3 Å². The zero-order chi connectivity index (χ0) is 17.3. The van der Waals surface area contributed by atoms with Gasteiger partial charge in [-0.3, -0.25) is 4.79 Å². The van der Waals surface area contributed by atoms with E-state index in [0.717, 1.165) is 27.0 Å². The zero-order valence-electron chi connectivity index (χ0n) is 13.8. The number of benzene rings is 2. The molecule has 2 aromatic carbocycles. The summed E-state index contributed by atoms with van der Waals surface area (Å²) in [4.78, 5) is 16.9. The highest BCUT2D eigenvalue weighted by Gasteiger charge is 2.15. The Morgan fingerprint density at radius 3 is 2.88 bits per heavy atom. The van der Waals surface area contributed by atoms with E-state index in [1.807, 2.05) is 39.0 Å². The predicted molar refractivity (Wildman–Crippen MR) is 99.1 cm³/mol. The topological polar surface area (TPSA) is 77.2 Å². The molecule has 0 saturated heterocycles. The molecule has 24 heavy (non-hydrogen) atoms. The molecule has 0 aliphatic heterocycles. The molecule has 3 N–H and O–H groups in total. The molecule has 0 fully saturated rings. The van der Waals surface area contributed by atoms with Gasteiger partial charge in [0.2, 0.25) is 0 Å². The Morgan fingerprint density at radius 1 is 1.33 bits per heavy atom. The maximum absolute atomic E-state index is 12.6. The van der Waals surface area contributed by atoms with Gasteiger partial charge in [-0.25, -0.2) is 4.98 Å². The van der Waals surface area contributed by atoms with Crippen molar-refractivity contribution in [1.29, 1.82) is 0 Å². The van der Waals surface area contributed by atoms with Gasteiger partial charge in [-0.05, 0) is 56.2 Å². The second-order valence-electron chi connectivity index (χ2n) is 5.51. The smallest absolute Gasteiger partial charge is 0.255 e. The van der Waals surface area contributed by atoms with Crippen molar-refractivity contribution in [2.45, 2.75) is 20.8 Å². The van der Waals surface area contributed by atoms with E-state index in [2.05, 4.69) is 10.3 Å². The Hall–Kier alpha value is -2.60. The Bertz CT molecular complexity index is 918. The molecule has 6 heteroatoms. The molecular weight excluding hydrogens is 322 g/mol. The van der Waals surface area contributed by atoms with E-state index >= 15 is 0 Å². The van der Waals surface area contributed by atoms with Crippen LogP contribution in [0, 0.1) is 13.8 Å². The SMILES string of the molecule is CCOc1cccc(C(=O)Nc2c(C)cc3nc(N)sc3c2C)c1. The number of nitrogen functional groups attached to an aromatic ring is 1. The molecule has 0 unspecified atom stereocenters. The molecule has 124 valence electrons. The van der Waals surface area contributed by atoms with E-state index in [-0.39, 0.29) is 5.91 Å². The molecule has 0 atom stereocenters. The van der Waals surface area contributed by atoms with Crippen molar-refractivity contribution < 1.29 is 9.53 Å². The summed E-state index contributed by atoms with van der Waals surface area (Å²) in [5, 5.41) is 3.54. The third-order valence-corrected chi connectivity index (χ3v) is 4.80. The van der Waals surface area contributed by atoms with Crippen LogP contribution in [0.25, 0.3) is 10.2 Å². The largest absolute Gasteiger partial charge is 0.494 e. The van der Waals surface area contributed by atoms with Crippen molar-refractivity contribution >= 4 is 38.3 Å². The maximum Gasteiger partial charge on any atom is 0.255 e. The highest BCUT2D eigenvalue weighted by atomic mass is 32.1. The Kier molecular flexibility index (Phi) is 4.40. The molecule has 1 heterocycles. The van der Waals surface area contributed by atoms with Gasteiger partial charge < -0.3 is 15.8 Å². The number of fused-ring (bicyclic) bond motifs is 1. The van der Waals surface area contributed by atoms with Gasteiger partial charge in [-0.1, -0.05) is 17.4 Å². The van der Waals surface area contributed by atoms with Gasteiger partial charge in [-0.15, -0.1) is 0 Å². The molecule has 1 aromatic heterocycles. The number of nitrogens with one attached hydrogen (secondary N) is 1. The third kappa shape index (κ3) is 3.05. The van der Waals surface area contributed by atoms with E-state index in [4.69, 9.17) is 10.5 Å². The molecule has 0 radical (unpaired) electrons. The van der Waals surface area contributed by atoms with Gasteiger partial charge in [0.25, 0.3) is 5.91 Å². The number of aromatic nitrogens is 1. The summed E-state index contributed by atoms with van der Waals surface area (Å²) in [5.41, 5.74) is 9.97. The van der Waals surface area contributed by atoms with Crippen LogP contribution < -0.4 is 15.8 Å². The van der Waals surface area contributed by atoms with E-state index < -0.39 is 0 Å². The number of thiazole rings is 1. The number of aryl methyl sites for hydroxylation is 2. The normalized spacial score (nSPS) is 10.8. The number of nitrogens with zero attached hydrogens (tertiary/aromatic N) is 1. The Balaban J connectivity index is 1.94. The van der Waals surface area contributed by atoms with E-state index in [9.17, 15) is 4.79 Å². The summed E-state index contributed by atoms with van der Waals surface area (Å²) < 4.78 is 6.45. The first kappa shape index (κ1) is 16.3. The van der Waals surface area contributed by atoms with Crippen molar-refractivity contribution in [1.82, 2.24) is 4.98 Å². The molecule has 0 spiro atoms. The van der Waals surface area contributed by atoms with Crippen LogP contribution in [0.1, 0.15) is 28.4 Å². The lowest BCUT2D eigenvalue weighted by atomic mass is 10.1. The van der Waals surface area contributed by atoms with Crippen LogP contribution in [0.3, 0.4) is 0 Å². The van der Waals surface area contributed by atoms with Gasteiger partial charge in [0.15, 0.2) is 5.13 Å². The fourth-order valence-electron chi connectivity index (χ4n) is 2.67. The van der Waals surface area contributed by atoms with Crippen molar-refractivity contribution in [3.63, 3.8) is 0 Å². The lowest BCUT2D eigenvalue weighted by Gasteiger charge is -2.13. The number of rotatable bonds is 4. The van der Waals surface area contributed by atoms with Crippen LogP contribution in [-0.2, 0) is 0 Å². The molecular formula is C18H19N3O2S. The van der Waals surface area contributed by atoms with Crippen molar-refractivity contribution in [2.75, 3.05) is 17.7 Å². The number of hydrogen-bond acceptors (Lipinski definition) is 5. The monoisotopic (exact) mass is 341 g/mol. The molecule has 3 rings (SSSR count). The molecule has 0 saturated carbocycles. The van der Waals surface area contributed by atoms with Crippen molar-refractivity contribution in [2.24, 2.45) is 0 Å². The summed E-state index contributed by atoms with van der Waals surface area (Å²) in [6, 6.07) is 9.11. The number of ether oxygens (including phenoxy) is 1. The summed E-state index contributed by atoms with van der Waals surface area (Å²) in [6.45, 7) is 6.40. The number of carbonyl (C=O) groups is 1. The third-order valence-electron chi connectivity index (χ3n) is 3.78. The van der Waals surface area contributed by atoms with Gasteiger partial charge in [0.05, 0.1) is 16.8 Å². The van der Waals surface area contributed by atoms with Gasteiger partial charge in [-0.2, -0.15) is 0 Å². The lowest BCUT2D eigenvalue weighted by Crippen LogP contribution is -2.14. The van der Waals surface area contributed by atoms with Crippen molar-refractivity contribution in [3.8, 4) is 5.75 Å². The van der Waals surface area contributed by atoms with Crippen LogP contribution in [-0.4, -0.2) is 17.5 Å². The summed E-state index contributed by atoms with van der Waals surface area (Å²) in [7, 11) is 0. The molecule has 1 amide bonds. The second-order valence-corrected chi connectivity index (χ2v) is 6.54. The minimum atomic E-state index is -0.167. The minimum absolute atomic E-state index is 0.167.